The first kappa shape index (κ1) is 40.2. The number of fused-ring (bicyclic) bond motifs is 4. The van der Waals surface area contributed by atoms with E-state index in [1.165, 1.54) is 24.3 Å². The van der Waals surface area contributed by atoms with E-state index in [1.54, 1.807) is 11.0 Å². The second-order valence-electron chi connectivity index (χ2n) is 15.8. The van der Waals surface area contributed by atoms with Gasteiger partial charge < -0.3 is 19.3 Å². The number of carbonyl (C=O) groups excluding carboxylic acids is 1. The number of aryl methyl sites for hydroxylation is 2. The number of sulfonamides is 1. The van der Waals surface area contributed by atoms with E-state index in [-0.39, 0.29) is 78.1 Å². The number of benzene rings is 2. The van der Waals surface area contributed by atoms with Gasteiger partial charge in [0.2, 0.25) is 11.8 Å². The second-order valence-corrected chi connectivity index (χ2v) is 17.5. The fraction of sp³-hybridized carbons (Fsp3) is 0.564. The molecule has 0 radical (unpaired) electrons. The number of nitrogens with one attached hydrogen (secondary N) is 1. The number of aromatic nitrogens is 2. The molecule has 2 aromatic carbocycles. The molecule has 3 fully saturated rings. The van der Waals surface area contributed by atoms with Crippen LogP contribution in [0.2, 0.25) is 0 Å². The maximum Gasteiger partial charge on any atom is 0.394 e. The van der Waals surface area contributed by atoms with Crippen LogP contribution in [0, 0.1) is 24.7 Å². The SMILES string of the molecule is Cc1cccc(C)c1-c1cc2nc(n1)NS(=O)(=O)c1cccc(c1)C(=O)N(C1CC3(CCN(CCOC(C)C)CC3)C1)[C@H](CC1(C(F)(F)F)CC1)CO2.Cl. The van der Waals surface area contributed by atoms with Crippen LogP contribution in [0.3, 0.4) is 0 Å². The topological polar surface area (TPSA) is 114 Å². The Balaban J connectivity index is 0.00000497. The van der Waals surface area contributed by atoms with E-state index in [9.17, 15) is 26.4 Å². The Hall–Kier alpha value is -3.46. The van der Waals surface area contributed by atoms with Gasteiger partial charge in [-0.2, -0.15) is 18.2 Å². The van der Waals surface area contributed by atoms with E-state index >= 15 is 0 Å². The van der Waals surface area contributed by atoms with Gasteiger partial charge in [0.25, 0.3) is 15.9 Å². The van der Waals surface area contributed by atoms with Gasteiger partial charge in [0.05, 0.1) is 34.8 Å². The summed E-state index contributed by atoms with van der Waals surface area (Å²) in [6.07, 6.45) is -1.51. The highest BCUT2D eigenvalue weighted by Crippen LogP contribution is 2.61. The summed E-state index contributed by atoms with van der Waals surface area (Å²) in [6.45, 7) is 10.8. The molecule has 294 valence electrons. The predicted octanol–water partition coefficient (Wildman–Crippen LogP) is 7.59. The van der Waals surface area contributed by atoms with Crippen LogP contribution >= 0.6 is 12.4 Å². The number of anilines is 1. The van der Waals surface area contributed by atoms with E-state index in [4.69, 9.17) is 9.47 Å². The minimum atomic E-state index is -4.45. The van der Waals surface area contributed by atoms with Gasteiger partial charge in [0.15, 0.2) is 0 Å². The maximum absolute atomic E-state index is 14.6. The smallest absolute Gasteiger partial charge is 0.394 e. The van der Waals surface area contributed by atoms with Crippen molar-refractivity contribution in [2.24, 2.45) is 10.8 Å². The number of carbonyl (C=O) groups is 1. The number of piperidine rings is 1. The number of ether oxygens (including phenoxy) is 2. The number of rotatable bonds is 8. The summed E-state index contributed by atoms with van der Waals surface area (Å²) in [5, 5.41) is 0. The lowest BCUT2D eigenvalue weighted by Gasteiger charge is -2.56. The van der Waals surface area contributed by atoms with Crippen LogP contribution < -0.4 is 9.46 Å². The molecule has 2 aliphatic heterocycles. The minimum Gasteiger partial charge on any atom is -0.475 e. The van der Waals surface area contributed by atoms with Gasteiger partial charge in [-0.25, -0.2) is 18.1 Å². The van der Waals surface area contributed by atoms with Crippen molar-refractivity contribution in [3.63, 3.8) is 0 Å². The van der Waals surface area contributed by atoms with Crippen molar-refractivity contribution < 1.29 is 35.9 Å². The van der Waals surface area contributed by atoms with Gasteiger partial charge in [-0.3, -0.25) is 4.79 Å². The number of nitrogens with zero attached hydrogens (tertiary/aromatic N) is 4. The molecule has 0 unspecified atom stereocenters. The number of hydrogen-bond acceptors (Lipinski definition) is 8. The van der Waals surface area contributed by atoms with Gasteiger partial charge in [0.1, 0.15) is 6.61 Å². The Labute approximate surface area is 321 Å². The summed E-state index contributed by atoms with van der Waals surface area (Å²) in [6, 6.07) is 11.6. The zero-order chi connectivity index (χ0) is 37.8. The third-order valence-electron chi connectivity index (χ3n) is 11.7. The summed E-state index contributed by atoms with van der Waals surface area (Å²) >= 11 is 0. The van der Waals surface area contributed by atoms with Crippen molar-refractivity contribution in [3.05, 3.63) is 65.2 Å². The van der Waals surface area contributed by atoms with Crippen molar-refractivity contribution in [2.45, 2.75) is 102 Å². The van der Waals surface area contributed by atoms with Crippen LogP contribution in [0.5, 0.6) is 5.88 Å². The van der Waals surface area contributed by atoms with Gasteiger partial charge in [-0.05, 0) is 120 Å². The summed E-state index contributed by atoms with van der Waals surface area (Å²) < 4.78 is 85.8. The molecule has 1 saturated heterocycles. The molecular formula is C39H49ClF3N5O5S. The average molecular weight is 792 g/mol. The molecular weight excluding hydrogens is 743 g/mol. The van der Waals surface area contributed by atoms with E-state index < -0.39 is 33.6 Å². The lowest BCUT2D eigenvalue weighted by atomic mass is 9.59. The van der Waals surface area contributed by atoms with Crippen molar-refractivity contribution >= 4 is 34.3 Å². The molecule has 7 rings (SSSR count). The van der Waals surface area contributed by atoms with E-state index in [1.807, 2.05) is 45.9 Å². The van der Waals surface area contributed by atoms with E-state index in [0.717, 1.165) is 49.2 Å². The number of amides is 1. The molecule has 4 bridgehead atoms. The molecule has 1 aromatic heterocycles. The van der Waals surface area contributed by atoms with Crippen molar-refractivity contribution in [1.29, 1.82) is 0 Å². The number of hydrogen-bond donors (Lipinski definition) is 1. The molecule has 2 saturated carbocycles. The fourth-order valence-corrected chi connectivity index (χ4v) is 9.47. The summed E-state index contributed by atoms with van der Waals surface area (Å²) in [4.78, 5) is 27.4. The number of alkyl halides is 3. The molecule has 1 amide bonds. The Morgan fingerprint density at radius 1 is 1.00 bits per heavy atom. The molecule has 3 aromatic rings. The summed E-state index contributed by atoms with van der Waals surface area (Å²) in [7, 11) is -4.29. The molecule has 54 heavy (non-hydrogen) atoms. The zero-order valence-electron chi connectivity index (χ0n) is 31.1. The molecule has 10 nitrogen and oxygen atoms in total. The van der Waals surface area contributed by atoms with Crippen LogP contribution in [0.4, 0.5) is 19.1 Å². The Morgan fingerprint density at radius 3 is 2.30 bits per heavy atom. The van der Waals surface area contributed by atoms with Gasteiger partial charge in [-0.15, -0.1) is 12.4 Å². The normalized spacial score (nSPS) is 22.2. The highest BCUT2D eigenvalue weighted by atomic mass is 35.5. The highest BCUT2D eigenvalue weighted by Gasteiger charge is 2.64. The Morgan fingerprint density at radius 2 is 1.67 bits per heavy atom. The lowest BCUT2D eigenvalue weighted by molar-refractivity contribution is -0.194. The van der Waals surface area contributed by atoms with Crippen LogP contribution in [0.25, 0.3) is 11.3 Å². The van der Waals surface area contributed by atoms with E-state index in [2.05, 4.69) is 19.6 Å². The largest absolute Gasteiger partial charge is 0.475 e. The number of halogens is 4. The van der Waals surface area contributed by atoms with Crippen molar-refractivity contribution in [3.8, 4) is 17.1 Å². The van der Waals surface area contributed by atoms with Crippen LogP contribution in [0.15, 0.2) is 53.4 Å². The first-order chi connectivity index (χ1) is 25.1. The molecule has 3 heterocycles. The van der Waals surface area contributed by atoms with E-state index in [0.29, 0.717) is 25.1 Å². The fourth-order valence-electron chi connectivity index (χ4n) is 8.48. The van der Waals surface area contributed by atoms with Crippen LogP contribution in [0.1, 0.15) is 80.3 Å². The quantitative estimate of drug-likeness (QED) is 0.249. The van der Waals surface area contributed by atoms with Gasteiger partial charge in [0, 0.05) is 29.8 Å². The zero-order valence-corrected chi connectivity index (χ0v) is 32.7. The Bertz CT molecular complexity index is 1940. The van der Waals surface area contributed by atoms with Gasteiger partial charge >= 0.3 is 6.18 Å². The first-order valence-corrected chi connectivity index (χ1v) is 20.0. The first-order valence-electron chi connectivity index (χ1n) is 18.5. The van der Waals surface area contributed by atoms with Crippen LogP contribution in [-0.4, -0.2) is 91.3 Å². The molecule has 15 heteroatoms. The Kier molecular flexibility index (Phi) is 11.3. The summed E-state index contributed by atoms with van der Waals surface area (Å²) in [5.41, 5.74) is 1.06. The molecule has 1 atom stereocenters. The molecule has 1 spiro atoms. The lowest BCUT2D eigenvalue weighted by Crippen LogP contribution is -2.60. The standard InChI is InChI=1S/C39H48F3N5O5S.ClH/c1-25(2)51-18-17-46-15-13-37(14-16-46)21-29(22-37)47-30(23-38(11-12-38)39(40,41)42)24-52-33-20-32(34-26(3)7-5-8-27(34)4)43-36(44-33)45-53(49,50)31-10-6-9-28(19-31)35(47)48;/h5-10,19-20,25,29-30H,11-18,21-24H2,1-4H3,(H,43,44,45);1H/t30-;/m1./s1. The second kappa shape index (κ2) is 15.2. The predicted molar refractivity (Wildman–Crippen MR) is 201 cm³/mol. The van der Waals surface area contributed by atoms with Crippen molar-refractivity contribution in [2.75, 3.05) is 37.6 Å². The molecule has 4 aliphatic rings. The molecule has 2 aliphatic carbocycles. The average Bonchev–Trinajstić information content (AvgIpc) is 3.87. The molecule has 1 N–H and O–H groups in total. The third kappa shape index (κ3) is 8.22. The highest BCUT2D eigenvalue weighted by molar-refractivity contribution is 7.92. The van der Waals surface area contributed by atoms with Crippen LogP contribution in [-0.2, 0) is 14.8 Å². The third-order valence-corrected chi connectivity index (χ3v) is 13.0. The van der Waals surface area contributed by atoms with Crippen molar-refractivity contribution in [1.82, 2.24) is 19.8 Å². The summed E-state index contributed by atoms with van der Waals surface area (Å²) in [5.74, 6) is -0.763. The maximum atomic E-state index is 14.6. The number of likely N-dealkylation sites (tertiary alicyclic amines) is 1. The minimum absolute atomic E-state index is 0. The van der Waals surface area contributed by atoms with Gasteiger partial charge in [-0.1, -0.05) is 24.3 Å². The monoisotopic (exact) mass is 791 g/mol.